The van der Waals surface area contributed by atoms with Crippen LogP contribution in [0.2, 0.25) is 0 Å². The topological polar surface area (TPSA) is 66.8 Å². The Bertz CT molecular complexity index is 1190. The Labute approximate surface area is 177 Å². The average Bonchev–Trinajstić information content (AvgIpc) is 3.33. The summed E-state index contributed by atoms with van der Waals surface area (Å²) in [5.74, 6) is 1.08. The van der Waals surface area contributed by atoms with Gasteiger partial charge in [0.1, 0.15) is 11.5 Å². The second-order valence-corrected chi connectivity index (χ2v) is 8.48. The summed E-state index contributed by atoms with van der Waals surface area (Å²) < 4.78 is 41.2. The van der Waals surface area contributed by atoms with Crippen LogP contribution in [0.1, 0.15) is 64.9 Å². The van der Waals surface area contributed by atoms with E-state index in [1.165, 1.54) is 24.0 Å². The van der Waals surface area contributed by atoms with Crippen molar-refractivity contribution in [2.75, 3.05) is 11.4 Å². The first-order valence-corrected chi connectivity index (χ1v) is 10.3. The van der Waals surface area contributed by atoms with E-state index in [1.807, 2.05) is 13.8 Å². The number of aryl methyl sites for hydroxylation is 2. The third-order valence-corrected chi connectivity index (χ3v) is 6.06. The van der Waals surface area contributed by atoms with Crippen molar-refractivity contribution in [3.8, 4) is 11.3 Å². The maximum atomic E-state index is 13.5. The number of hydrogen-bond donors (Lipinski definition) is 1. The number of halogens is 3. The van der Waals surface area contributed by atoms with Gasteiger partial charge in [0.25, 0.3) is 5.91 Å². The molecule has 1 amide bonds. The highest BCUT2D eigenvalue weighted by atomic mass is 19.4. The summed E-state index contributed by atoms with van der Waals surface area (Å²) in [5.41, 5.74) is 2.47. The molecule has 1 atom stereocenters. The molecule has 9 heteroatoms. The highest BCUT2D eigenvalue weighted by Crippen LogP contribution is 2.41. The maximum Gasteiger partial charge on any atom is 0.416 e. The predicted octanol–water partition coefficient (Wildman–Crippen LogP) is 5.01. The van der Waals surface area contributed by atoms with Crippen LogP contribution in [0.4, 0.5) is 18.9 Å². The molecule has 1 aliphatic carbocycles. The highest BCUT2D eigenvalue weighted by molar-refractivity contribution is 6.09. The lowest BCUT2D eigenvalue weighted by Crippen LogP contribution is -2.43. The van der Waals surface area contributed by atoms with Gasteiger partial charge in [-0.15, -0.1) is 0 Å². The Morgan fingerprint density at radius 3 is 2.58 bits per heavy atom. The molecule has 3 aromatic rings. The average molecular weight is 429 g/mol. The number of H-pyrrole nitrogens is 1. The number of nitrogens with zero attached hydrogens (tertiary/aromatic N) is 4. The molecule has 3 heterocycles. The number of carbonyl (C=O) groups excluding carboxylic acids is 1. The maximum absolute atomic E-state index is 13.5. The van der Waals surface area contributed by atoms with Crippen molar-refractivity contribution in [1.29, 1.82) is 0 Å². The molecule has 2 aliphatic rings. The number of aromatic nitrogens is 4. The van der Waals surface area contributed by atoms with E-state index in [0.29, 0.717) is 35.1 Å². The Morgan fingerprint density at radius 1 is 1.19 bits per heavy atom. The molecule has 1 saturated carbocycles. The number of aromatic amines is 1. The molecule has 1 fully saturated rings. The van der Waals surface area contributed by atoms with Gasteiger partial charge in [0.2, 0.25) is 0 Å². The molecule has 0 radical (unpaired) electrons. The number of alkyl halides is 3. The van der Waals surface area contributed by atoms with Crippen molar-refractivity contribution in [3.05, 3.63) is 52.7 Å². The fourth-order valence-electron chi connectivity index (χ4n) is 4.29. The van der Waals surface area contributed by atoms with E-state index >= 15 is 0 Å². The number of anilines is 1. The summed E-state index contributed by atoms with van der Waals surface area (Å²) in [7, 11) is 0. The van der Waals surface area contributed by atoms with Crippen molar-refractivity contribution < 1.29 is 18.0 Å². The molecule has 0 saturated heterocycles. The first-order chi connectivity index (χ1) is 14.6. The van der Waals surface area contributed by atoms with Crippen LogP contribution in [0, 0.1) is 13.8 Å². The van der Waals surface area contributed by atoms with E-state index in [9.17, 15) is 18.0 Å². The minimum atomic E-state index is -4.43. The van der Waals surface area contributed by atoms with Crippen LogP contribution >= 0.6 is 0 Å². The molecule has 1 aliphatic heterocycles. The summed E-state index contributed by atoms with van der Waals surface area (Å²) in [5, 5.41) is 4.43. The second kappa shape index (κ2) is 6.70. The molecule has 6 nitrogen and oxygen atoms in total. The van der Waals surface area contributed by atoms with Crippen LogP contribution in [0.25, 0.3) is 11.3 Å². The highest BCUT2D eigenvalue weighted by Gasteiger charge is 2.37. The third-order valence-electron chi connectivity index (χ3n) is 6.06. The zero-order valence-corrected chi connectivity index (χ0v) is 17.4. The van der Waals surface area contributed by atoms with E-state index in [4.69, 9.17) is 4.98 Å². The molecule has 2 aromatic heterocycles. The largest absolute Gasteiger partial charge is 0.416 e. The number of benzene rings is 1. The van der Waals surface area contributed by atoms with E-state index in [2.05, 4.69) is 10.1 Å². The fraction of sp³-hybridized carbons (Fsp3) is 0.409. The predicted molar refractivity (Wildman–Crippen MR) is 109 cm³/mol. The third kappa shape index (κ3) is 3.23. The molecule has 162 valence electrons. The van der Waals surface area contributed by atoms with E-state index in [1.54, 1.807) is 10.9 Å². The van der Waals surface area contributed by atoms with Crippen LogP contribution in [0.15, 0.2) is 24.4 Å². The Balaban J connectivity index is 1.55. The lowest BCUT2D eigenvalue weighted by atomic mass is 10.0. The van der Waals surface area contributed by atoms with Crippen molar-refractivity contribution >= 4 is 11.6 Å². The van der Waals surface area contributed by atoms with Crippen LogP contribution in [-0.2, 0) is 6.18 Å². The van der Waals surface area contributed by atoms with Gasteiger partial charge in [-0.3, -0.25) is 9.48 Å². The monoisotopic (exact) mass is 429 g/mol. The first-order valence-electron chi connectivity index (χ1n) is 10.3. The zero-order valence-electron chi connectivity index (χ0n) is 17.4. The van der Waals surface area contributed by atoms with E-state index in [0.717, 1.165) is 30.4 Å². The molecular formula is C22H22F3N5O. The van der Waals surface area contributed by atoms with Crippen molar-refractivity contribution in [3.63, 3.8) is 0 Å². The summed E-state index contributed by atoms with van der Waals surface area (Å²) in [4.78, 5) is 23.1. The van der Waals surface area contributed by atoms with Crippen LogP contribution in [-0.4, -0.2) is 32.2 Å². The van der Waals surface area contributed by atoms with Gasteiger partial charge in [0.15, 0.2) is 0 Å². The molecule has 1 N–H and O–H groups in total. The van der Waals surface area contributed by atoms with Crippen molar-refractivity contribution in [2.45, 2.75) is 51.7 Å². The number of imidazole rings is 1. The van der Waals surface area contributed by atoms with Crippen molar-refractivity contribution in [1.82, 2.24) is 19.7 Å². The van der Waals surface area contributed by atoms with E-state index in [-0.39, 0.29) is 17.5 Å². The van der Waals surface area contributed by atoms with Gasteiger partial charge in [-0.05, 0) is 57.4 Å². The first kappa shape index (κ1) is 19.8. The van der Waals surface area contributed by atoms with Gasteiger partial charge < -0.3 is 9.88 Å². The van der Waals surface area contributed by atoms with Gasteiger partial charge in [0, 0.05) is 23.8 Å². The van der Waals surface area contributed by atoms with Gasteiger partial charge in [-0.1, -0.05) is 0 Å². The smallest absolute Gasteiger partial charge is 0.345 e. The quantitative estimate of drug-likeness (QED) is 0.637. The molecule has 1 unspecified atom stereocenters. The van der Waals surface area contributed by atoms with Crippen LogP contribution in [0.5, 0.6) is 0 Å². The molecule has 31 heavy (non-hydrogen) atoms. The Hall–Kier alpha value is -3.10. The van der Waals surface area contributed by atoms with Crippen LogP contribution < -0.4 is 4.90 Å². The minimum absolute atomic E-state index is 0.0852. The summed E-state index contributed by atoms with van der Waals surface area (Å²) in [6, 6.07) is 3.68. The molecular weight excluding hydrogens is 407 g/mol. The number of carbonyl (C=O) groups is 1. The number of fused-ring (bicyclic) bond motifs is 1. The summed E-state index contributed by atoms with van der Waals surface area (Å²) >= 11 is 0. The zero-order chi connectivity index (χ0) is 22.1. The molecule has 0 spiro atoms. The number of rotatable bonds is 3. The standard InChI is InChI=1S/C22H22F3N5O/c1-11-8-15(6-7-17(11)22(23,24)25)29-10-12(2)30-19(21(29)31)16(9-26-30)18-13(3)27-20(28-18)14-4-5-14/h6-9,12,14H,4-5,10H2,1-3H3,(H,27,28). The molecule has 0 bridgehead atoms. The normalized spacial score (nSPS) is 19.1. The Kier molecular flexibility index (Phi) is 4.29. The molecule has 5 rings (SSSR count). The summed E-state index contributed by atoms with van der Waals surface area (Å²) in [6.45, 7) is 5.59. The van der Waals surface area contributed by atoms with Crippen LogP contribution in [0.3, 0.4) is 0 Å². The summed E-state index contributed by atoms with van der Waals surface area (Å²) in [6.07, 6.45) is -0.555. The van der Waals surface area contributed by atoms with Gasteiger partial charge in [0.05, 0.1) is 29.1 Å². The number of nitrogens with one attached hydrogen (secondary N) is 1. The number of hydrogen-bond acceptors (Lipinski definition) is 3. The lowest BCUT2D eigenvalue weighted by molar-refractivity contribution is -0.138. The Morgan fingerprint density at radius 2 is 1.94 bits per heavy atom. The second-order valence-electron chi connectivity index (χ2n) is 8.48. The number of amides is 1. The lowest BCUT2D eigenvalue weighted by Gasteiger charge is -2.32. The fourth-order valence-corrected chi connectivity index (χ4v) is 4.29. The van der Waals surface area contributed by atoms with Gasteiger partial charge in [-0.2, -0.15) is 18.3 Å². The van der Waals surface area contributed by atoms with Crippen molar-refractivity contribution in [2.24, 2.45) is 0 Å². The minimum Gasteiger partial charge on any atom is -0.345 e. The van der Waals surface area contributed by atoms with E-state index < -0.39 is 11.7 Å². The van der Waals surface area contributed by atoms with Gasteiger partial charge in [-0.25, -0.2) is 4.98 Å². The van der Waals surface area contributed by atoms with Gasteiger partial charge >= 0.3 is 6.18 Å². The molecule has 1 aromatic carbocycles. The SMILES string of the molecule is Cc1cc(N2CC(C)n3ncc(-c4nc(C5CC5)[nH]c4C)c3C2=O)ccc1C(F)(F)F.